The van der Waals surface area contributed by atoms with Gasteiger partial charge in [-0.05, 0) is 51.4 Å². The highest BCUT2D eigenvalue weighted by Crippen LogP contribution is 2.32. The second-order valence-corrected chi connectivity index (χ2v) is 7.93. The summed E-state index contributed by atoms with van der Waals surface area (Å²) < 4.78 is 5.58. The third-order valence-electron chi connectivity index (χ3n) is 5.60. The molecule has 7 heteroatoms. The molecule has 29 heavy (non-hydrogen) atoms. The molecule has 0 aromatic heterocycles. The van der Waals surface area contributed by atoms with Crippen molar-refractivity contribution >= 4 is 29.9 Å². The van der Waals surface area contributed by atoms with E-state index in [1.54, 1.807) is 0 Å². The summed E-state index contributed by atoms with van der Waals surface area (Å²) in [5, 5.41) is 16.3. The van der Waals surface area contributed by atoms with Crippen LogP contribution in [0.4, 0.5) is 0 Å². The van der Waals surface area contributed by atoms with Gasteiger partial charge in [0.05, 0.1) is 19.2 Å². The average molecular weight is 518 g/mol. The molecule has 6 nitrogen and oxygen atoms in total. The molecule has 1 aromatic rings. The Labute approximate surface area is 193 Å². The van der Waals surface area contributed by atoms with Crippen LogP contribution in [0.5, 0.6) is 0 Å². The third-order valence-corrected chi connectivity index (χ3v) is 5.60. The minimum atomic E-state index is -0.0337. The van der Waals surface area contributed by atoms with Crippen LogP contribution in [0, 0.1) is 5.41 Å². The van der Waals surface area contributed by atoms with Crippen LogP contribution in [0.25, 0.3) is 0 Å². The van der Waals surface area contributed by atoms with Crippen molar-refractivity contribution in [2.24, 2.45) is 10.4 Å². The zero-order valence-electron chi connectivity index (χ0n) is 18.4. The number of guanidine groups is 1. The minimum absolute atomic E-state index is 0. The van der Waals surface area contributed by atoms with Crippen molar-refractivity contribution in [1.29, 1.82) is 0 Å². The lowest BCUT2D eigenvalue weighted by atomic mass is 9.84. The Morgan fingerprint density at radius 1 is 1.24 bits per heavy atom. The first kappa shape index (κ1) is 26.1. The number of nitrogens with zero attached hydrogens (tertiary/aromatic N) is 2. The van der Waals surface area contributed by atoms with E-state index in [9.17, 15) is 5.11 Å². The number of nitrogens with one attached hydrogen (secondary N) is 2. The molecule has 0 aliphatic carbocycles. The predicted molar refractivity (Wildman–Crippen MR) is 131 cm³/mol. The van der Waals surface area contributed by atoms with E-state index in [1.807, 2.05) is 0 Å². The van der Waals surface area contributed by atoms with Crippen LogP contribution in [0.15, 0.2) is 29.3 Å². The van der Waals surface area contributed by atoms with Gasteiger partial charge in [-0.15, -0.1) is 24.0 Å². The van der Waals surface area contributed by atoms with E-state index < -0.39 is 0 Å². The summed E-state index contributed by atoms with van der Waals surface area (Å²) in [6.45, 7) is 8.13. The second kappa shape index (κ2) is 13.4. The monoisotopic (exact) mass is 518 g/mol. The van der Waals surface area contributed by atoms with Crippen LogP contribution in [0.1, 0.15) is 43.9 Å². The first-order valence-electron chi connectivity index (χ1n) is 10.5. The van der Waals surface area contributed by atoms with Gasteiger partial charge in [0, 0.05) is 31.7 Å². The number of aliphatic hydroxyl groups is 1. The number of aliphatic imine (C=N–C) groups is 1. The van der Waals surface area contributed by atoms with Gasteiger partial charge in [-0.25, -0.2) is 0 Å². The number of rotatable bonds is 10. The fourth-order valence-electron chi connectivity index (χ4n) is 3.64. The molecule has 1 aromatic carbocycles. The fraction of sp³-hybridized carbons (Fsp3) is 0.682. The van der Waals surface area contributed by atoms with E-state index in [4.69, 9.17) is 9.73 Å². The molecule has 0 radical (unpaired) electrons. The number of ether oxygens (including phenoxy) is 1. The normalized spacial score (nSPS) is 20.4. The molecule has 0 amide bonds. The molecule has 1 heterocycles. The highest BCUT2D eigenvalue weighted by Gasteiger charge is 2.34. The van der Waals surface area contributed by atoms with Crippen molar-refractivity contribution in [1.82, 2.24) is 15.5 Å². The molecule has 1 fully saturated rings. The molecule has 166 valence electrons. The molecule has 2 unspecified atom stereocenters. The summed E-state index contributed by atoms with van der Waals surface area (Å²) in [7, 11) is 4.21. The van der Waals surface area contributed by atoms with E-state index in [0.29, 0.717) is 13.2 Å². The Bertz CT molecular complexity index is 601. The number of aryl methyl sites for hydroxylation is 1. The molecule has 1 saturated heterocycles. The summed E-state index contributed by atoms with van der Waals surface area (Å²) in [6, 6.07) is 9.13. The van der Waals surface area contributed by atoms with Gasteiger partial charge < -0.3 is 25.4 Å². The van der Waals surface area contributed by atoms with E-state index in [1.165, 1.54) is 11.1 Å². The summed E-state index contributed by atoms with van der Waals surface area (Å²) >= 11 is 0. The molecule has 2 rings (SSSR count). The number of halogens is 1. The molecule has 0 bridgehead atoms. The van der Waals surface area contributed by atoms with Crippen LogP contribution in [-0.2, 0) is 11.2 Å². The number of likely N-dealkylation sites (N-methyl/N-ethyl adjacent to an activating group) is 1. The average Bonchev–Trinajstić information content (AvgIpc) is 3.15. The quantitative estimate of drug-likeness (QED) is 0.253. The molecule has 0 saturated carbocycles. The van der Waals surface area contributed by atoms with Gasteiger partial charge in [-0.3, -0.25) is 4.99 Å². The standard InChI is InChI=1S/C22H38N4O2.HI/c1-5-18-7-9-19(10-8-18)20(26(3)4)15-24-21(23-6-2)25-16-22(11-13-27)12-14-28-17-22;/h7-10,20,27H,5-6,11-17H2,1-4H3,(H2,23,24,25);1H. The molecule has 0 spiro atoms. The van der Waals surface area contributed by atoms with Gasteiger partial charge in [0.1, 0.15) is 0 Å². The van der Waals surface area contributed by atoms with Crippen LogP contribution in [-0.4, -0.2) is 69.5 Å². The van der Waals surface area contributed by atoms with Gasteiger partial charge in [0.15, 0.2) is 5.96 Å². The highest BCUT2D eigenvalue weighted by atomic mass is 127. The maximum absolute atomic E-state index is 9.42. The number of hydrogen-bond donors (Lipinski definition) is 3. The van der Waals surface area contributed by atoms with Crippen molar-refractivity contribution in [3.05, 3.63) is 35.4 Å². The molecular formula is C22H39IN4O2. The van der Waals surface area contributed by atoms with Crippen LogP contribution in [0.2, 0.25) is 0 Å². The predicted octanol–water partition coefficient (Wildman–Crippen LogP) is 2.81. The summed E-state index contributed by atoms with van der Waals surface area (Å²) in [5.41, 5.74) is 2.62. The lowest BCUT2D eigenvalue weighted by Gasteiger charge is -2.27. The Hall–Kier alpha value is -0.900. The fourth-order valence-corrected chi connectivity index (χ4v) is 3.64. The van der Waals surface area contributed by atoms with Crippen molar-refractivity contribution in [2.75, 3.05) is 53.6 Å². The van der Waals surface area contributed by atoms with Crippen LogP contribution in [0.3, 0.4) is 0 Å². The van der Waals surface area contributed by atoms with Gasteiger partial charge in [0.2, 0.25) is 0 Å². The van der Waals surface area contributed by atoms with Gasteiger partial charge in [-0.1, -0.05) is 31.2 Å². The summed E-state index contributed by atoms with van der Waals surface area (Å²) in [4.78, 5) is 7.06. The number of hydrogen-bond acceptors (Lipinski definition) is 4. The molecule has 3 N–H and O–H groups in total. The number of aliphatic hydroxyl groups excluding tert-OH is 1. The minimum Gasteiger partial charge on any atom is -0.396 e. The Morgan fingerprint density at radius 2 is 1.97 bits per heavy atom. The molecule has 2 atom stereocenters. The summed E-state index contributed by atoms with van der Waals surface area (Å²) in [6.07, 6.45) is 2.75. The highest BCUT2D eigenvalue weighted by molar-refractivity contribution is 14.0. The van der Waals surface area contributed by atoms with E-state index in [-0.39, 0.29) is 42.0 Å². The molecule has 1 aliphatic rings. The third kappa shape index (κ3) is 8.03. The maximum Gasteiger partial charge on any atom is 0.191 e. The van der Waals surface area contributed by atoms with Crippen molar-refractivity contribution in [3.63, 3.8) is 0 Å². The SMILES string of the molecule is CCNC(=NCC1(CCO)CCOC1)NCC(c1ccc(CC)cc1)N(C)C.I. The van der Waals surface area contributed by atoms with Gasteiger partial charge in [0.25, 0.3) is 0 Å². The zero-order valence-corrected chi connectivity index (χ0v) is 20.7. The first-order valence-corrected chi connectivity index (χ1v) is 10.5. The Balaban J connectivity index is 0.00000420. The topological polar surface area (TPSA) is 69.1 Å². The zero-order chi connectivity index (χ0) is 20.4. The molecular weight excluding hydrogens is 479 g/mol. The summed E-state index contributed by atoms with van der Waals surface area (Å²) in [5.74, 6) is 0.823. The lowest BCUT2D eigenvalue weighted by molar-refractivity contribution is 0.131. The smallest absolute Gasteiger partial charge is 0.191 e. The van der Waals surface area contributed by atoms with Crippen LogP contribution >= 0.6 is 24.0 Å². The second-order valence-electron chi connectivity index (χ2n) is 7.93. The van der Waals surface area contributed by atoms with Crippen molar-refractivity contribution < 1.29 is 9.84 Å². The van der Waals surface area contributed by atoms with E-state index in [0.717, 1.165) is 44.9 Å². The first-order chi connectivity index (χ1) is 13.5. The molecule has 1 aliphatic heterocycles. The van der Waals surface area contributed by atoms with Crippen molar-refractivity contribution in [3.8, 4) is 0 Å². The van der Waals surface area contributed by atoms with Crippen LogP contribution < -0.4 is 10.6 Å². The van der Waals surface area contributed by atoms with E-state index >= 15 is 0 Å². The number of benzene rings is 1. The Kier molecular flexibility index (Phi) is 12.1. The van der Waals surface area contributed by atoms with Crippen molar-refractivity contribution in [2.45, 2.75) is 39.2 Å². The Morgan fingerprint density at radius 3 is 2.48 bits per heavy atom. The van der Waals surface area contributed by atoms with Gasteiger partial charge >= 0.3 is 0 Å². The lowest BCUT2D eigenvalue weighted by Crippen LogP contribution is -2.42. The van der Waals surface area contributed by atoms with E-state index in [2.05, 4.69) is 67.7 Å². The maximum atomic E-state index is 9.42. The largest absolute Gasteiger partial charge is 0.396 e. The van der Waals surface area contributed by atoms with Gasteiger partial charge in [-0.2, -0.15) is 0 Å².